The van der Waals surface area contributed by atoms with Crippen molar-refractivity contribution in [3.05, 3.63) is 22.4 Å². The summed E-state index contributed by atoms with van der Waals surface area (Å²) in [5.41, 5.74) is 6.60. The molecule has 0 aliphatic carbocycles. The van der Waals surface area contributed by atoms with Gasteiger partial charge in [-0.05, 0) is 22.4 Å². The molecule has 0 aliphatic heterocycles. The van der Waals surface area contributed by atoms with Gasteiger partial charge in [0, 0.05) is 13.0 Å². The van der Waals surface area contributed by atoms with Gasteiger partial charge in [-0.1, -0.05) is 0 Å². The van der Waals surface area contributed by atoms with Crippen LogP contribution in [0, 0.1) is 12.3 Å². The molecule has 1 atom stereocenters. The summed E-state index contributed by atoms with van der Waals surface area (Å²) in [6.07, 6.45) is 5.32. The lowest BCUT2D eigenvalue weighted by atomic mass is 10.2. The fourth-order valence-corrected chi connectivity index (χ4v) is 1.60. The van der Waals surface area contributed by atoms with Gasteiger partial charge < -0.3 is 11.1 Å². The van der Waals surface area contributed by atoms with Crippen molar-refractivity contribution in [2.75, 3.05) is 0 Å². The number of rotatable bonds is 4. The molecule has 1 unspecified atom stereocenters. The van der Waals surface area contributed by atoms with Gasteiger partial charge in [0.15, 0.2) is 0 Å². The first-order chi connectivity index (χ1) is 6.74. The first-order valence-corrected chi connectivity index (χ1v) is 5.16. The van der Waals surface area contributed by atoms with Gasteiger partial charge in [0.2, 0.25) is 5.91 Å². The van der Waals surface area contributed by atoms with E-state index >= 15 is 0 Å². The number of terminal acetylenes is 1. The van der Waals surface area contributed by atoms with E-state index in [1.54, 1.807) is 11.3 Å². The zero-order valence-corrected chi connectivity index (χ0v) is 8.51. The Morgan fingerprint density at radius 2 is 2.57 bits per heavy atom. The average molecular weight is 208 g/mol. The molecule has 0 saturated heterocycles. The molecule has 74 valence electrons. The lowest BCUT2D eigenvalue weighted by molar-refractivity contribution is -0.122. The molecule has 0 saturated carbocycles. The number of amides is 1. The number of nitrogens with one attached hydrogen (secondary N) is 1. The third kappa shape index (κ3) is 3.21. The van der Waals surface area contributed by atoms with Gasteiger partial charge in [-0.25, -0.2) is 0 Å². The summed E-state index contributed by atoms with van der Waals surface area (Å²) in [6.45, 7) is 0.514. The minimum atomic E-state index is -0.598. The summed E-state index contributed by atoms with van der Waals surface area (Å²) in [4.78, 5) is 11.3. The number of carbonyl (C=O) groups excluding carboxylic acids is 1. The van der Waals surface area contributed by atoms with E-state index in [1.807, 2.05) is 16.8 Å². The molecular weight excluding hydrogens is 196 g/mol. The van der Waals surface area contributed by atoms with Crippen LogP contribution in [-0.2, 0) is 11.3 Å². The Kier molecular flexibility index (Phi) is 4.17. The van der Waals surface area contributed by atoms with E-state index in [9.17, 15) is 4.79 Å². The molecule has 1 heterocycles. The number of hydrogen-bond donors (Lipinski definition) is 2. The molecule has 1 rings (SSSR count). The SMILES string of the molecule is C#CCC(N)C(=O)NCc1ccsc1. The number of nitrogens with two attached hydrogens (primary N) is 1. The fourth-order valence-electron chi connectivity index (χ4n) is 0.933. The Morgan fingerprint density at radius 1 is 1.79 bits per heavy atom. The standard InChI is InChI=1S/C10H12N2OS/c1-2-3-9(11)10(13)12-6-8-4-5-14-7-8/h1,4-5,7,9H,3,6,11H2,(H,12,13). The van der Waals surface area contributed by atoms with E-state index in [2.05, 4.69) is 11.2 Å². The van der Waals surface area contributed by atoms with E-state index in [1.165, 1.54) is 0 Å². The van der Waals surface area contributed by atoms with Crippen molar-refractivity contribution in [1.29, 1.82) is 0 Å². The van der Waals surface area contributed by atoms with Crippen LogP contribution in [0.1, 0.15) is 12.0 Å². The third-order valence-corrected chi connectivity index (χ3v) is 2.45. The normalized spacial score (nSPS) is 11.7. The summed E-state index contributed by atoms with van der Waals surface area (Å²) >= 11 is 1.60. The van der Waals surface area contributed by atoms with Crippen LogP contribution in [0.5, 0.6) is 0 Å². The third-order valence-electron chi connectivity index (χ3n) is 1.72. The molecule has 0 bridgehead atoms. The van der Waals surface area contributed by atoms with E-state index in [4.69, 9.17) is 12.2 Å². The quantitative estimate of drug-likeness (QED) is 0.716. The van der Waals surface area contributed by atoms with Crippen LogP contribution in [0.3, 0.4) is 0 Å². The van der Waals surface area contributed by atoms with E-state index in [0.717, 1.165) is 5.56 Å². The fraction of sp³-hybridized carbons (Fsp3) is 0.300. The number of carbonyl (C=O) groups is 1. The van der Waals surface area contributed by atoms with Crippen molar-refractivity contribution in [1.82, 2.24) is 5.32 Å². The molecule has 1 aromatic heterocycles. The monoisotopic (exact) mass is 208 g/mol. The molecule has 3 N–H and O–H groups in total. The van der Waals surface area contributed by atoms with Crippen LogP contribution < -0.4 is 11.1 Å². The summed E-state index contributed by atoms with van der Waals surface area (Å²) in [5, 5.41) is 6.66. The highest BCUT2D eigenvalue weighted by Gasteiger charge is 2.10. The van der Waals surface area contributed by atoms with E-state index in [0.29, 0.717) is 6.54 Å². The van der Waals surface area contributed by atoms with Crippen LogP contribution in [-0.4, -0.2) is 11.9 Å². The summed E-state index contributed by atoms with van der Waals surface area (Å²) in [5.74, 6) is 2.16. The summed E-state index contributed by atoms with van der Waals surface area (Å²) in [7, 11) is 0. The first-order valence-electron chi connectivity index (χ1n) is 4.22. The highest BCUT2D eigenvalue weighted by Crippen LogP contribution is 2.04. The van der Waals surface area contributed by atoms with Gasteiger partial charge in [0.25, 0.3) is 0 Å². The maximum Gasteiger partial charge on any atom is 0.238 e. The van der Waals surface area contributed by atoms with Gasteiger partial charge in [-0.15, -0.1) is 12.3 Å². The van der Waals surface area contributed by atoms with E-state index < -0.39 is 6.04 Å². The van der Waals surface area contributed by atoms with Crippen molar-refractivity contribution in [2.24, 2.45) is 5.73 Å². The molecule has 0 spiro atoms. The summed E-state index contributed by atoms with van der Waals surface area (Å²) in [6, 6.07) is 1.36. The summed E-state index contributed by atoms with van der Waals surface area (Å²) < 4.78 is 0. The molecular formula is C10H12N2OS. The van der Waals surface area contributed by atoms with Crippen LogP contribution in [0.4, 0.5) is 0 Å². The van der Waals surface area contributed by atoms with Crippen LogP contribution in [0.2, 0.25) is 0 Å². The topological polar surface area (TPSA) is 55.1 Å². The van der Waals surface area contributed by atoms with Crippen LogP contribution >= 0.6 is 11.3 Å². The highest BCUT2D eigenvalue weighted by molar-refractivity contribution is 7.07. The van der Waals surface area contributed by atoms with Gasteiger partial charge in [0.05, 0.1) is 6.04 Å². The molecule has 14 heavy (non-hydrogen) atoms. The van der Waals surface area contributed by atoms with Gasteiger partial charge in [0.1, 0.15) is 0 Å². The molecule has 0 radical (unpaired) electrons. The lowest BCUT2D eigenvalue weighted by Crippen LogP contribution is -2.39. The van der Waals surface area contributed by atoms with Crippen molar-refractivity contribution in [3.8, 4) is 12.3 Å². The Hall–Kier alpha value is -1.31. The molecule has 0 aliphatic rings. The zero-order chi connectivity index (χ0) is 10.4. The Morgan fingerprint density at radius 3 is 3.14 bits per heavy atom. The Bertz CT molecular complexity index is 326. The maximum absolute atomic E-state index is 11.3. The predicted octanol–water partition coefficient (Wildman–Crippen LogP) is 0.715. The van der Waals surface area contributed by atoms with E-state index in [-0.39, 0.29) is 12.3 Å². The van der Waals surface area contributed by atoms with Gasteiger partial charge in [-0.2, -0.15) is 11.3 Å². The minimum Gasteiger partial charge on any atom is -0.351 e. The lowest BCUT2D eigenvalue weighted by Gasteiger charge is -2.08. The second kappa shape index (κ2) is 5.43. The zero-order valence-electron chi connectivity index (χ0n) is 7.69. The largest absolute Gasteiger partial charge is 0.351 e. The molecule has 1 amide bonds. The second-order valence-electron chi connectivity index (χ2n) is 2.86. The maximum atomic E-state index is 11.3. The number of thiophene rings is 1. The van der Waals surface area contributed by atoms with Crippen molar-refractivity contribution in [2.45, 2.75) is 19.0 Å². The van der Waals surface area contributed by atoms with Crippen LogP contribution in [0.15, 0.2) is 16.8 Å². The van der Waals surface area contributed by atoms with Crippen molar-refractivity contribution in [3.63, 3.8) is 0 Å². The predicted molar refractivity (Wildman–Crippen MR) is 57.6 cm³/mol. The number of hydrogen-bond acceptors (Lipinski definition) is 3. The molecule has 0 fully saturated rings. The smallest absolute Gasteiger partial charge is 0.238 e. The van der Waals surface area contributed by atoms with Crippen molar-refractivity contribution >= 4 is 17.2 Å². The van der Waals surface area contributed by atoms with Gasteiger partial charge in [-0.3, -0.25) is 4.79 Å². The second-order valence-corrected chi connectivity index (χ2v) is 3.64. The Balaban J connectivity index is 2.32. The molecule has 3 nitrogen and oxygen atoms in total. The highest BCUT2D eigenvalue weighted by atomic mass is 32.1. The van der Waals surface area contributed by atoms with Crippen molar-refractivity contribution < 1.29 is 4.79 Å². The molecule has 1 aromatic rings. The Labute approximate surface area is 87.3 Å². The minimum absolute atomic E-state index is 0.200. The first kappa shape index (κ1) is 10.8. The van der Waals surface area contributed by atoms with Gasteiger partial charge >= 0.3 is 0 Å². The molecule has 4 heteroatoms. The average Bonchev–Trinajstić information content (AvgIpc) is 2.67. The molecule has 0 aromatic carbocycles. The van der Waals surface area contributed by atoms with Crippen LogP contribution in [0.25, 0.3) is 0 Å².